The maximum absolute atomic E-state index is 11.0. The summed E-state index contributed by atoms with van der Waals surface area (Å²) in [5.74, 6) is 0. The van der Waals surface area contributed by atoms with Crippen molar-refractivity contribution in [2.75, 3.05) is 5.43 Å². The zero-order valence-electron chi connectivity index (χ0n) is 12.2. The summed E-state index contributed by atoms with van der Waals surface area (Å²) in [5, 5.41) is 36.4. The molecule has 0 fully saturated rings. The lowest BCUT2D eigenvalue weighted by atomic mass is 10.2. The number of non-ortho nitro benzene ring substituents is 1. The van der Waals surface area contributed by atoms with Crippen LogP contribution in [-0.4, -0.2) is 21.0 Å². The molecule has 0 atom stereocenters. The van der Waals surface area contributed by atoms with E-state index in [9.17, 15) is 30.3 Å². The SMILES string of the molecule is O=[N+]([O-])c1ccc(N/N=C/c2c(Cl)cccc2[N+](=O)[O-])c([N+](=O)[O-])c1. The van der Waals surface area contributed by atoms with Crippen molar-refractivity contribution in [3.8, 4) is 0 Å². The Morgan fingerprint density at radius 2 is 1.64 bits per heavy atom. The van der Waals surface area contributed by atoms with Crippen LogP contribution in [0.15, 0.2) is 41.5 Å². The first-order chi connectivity index (χ1) is 11.8. The van der Waals surface area contributed by atoms with Gasteiger partial charge in [0.05, 0.1) is 37.6 Å². The van der Waals surface area contributed by atoms with E-state index in [1.165, 1.54) is 18.2 Å². The Morgan fingerprint density at radius 1 is 0.960 bits per heavy atom. The predicted molar refractivity (Wildman–Crippen MR) is 89.1 cm³/mol. The molecule has 0 aliphatic heterocycles. The number of nitrogens with zero attached hydrogens (tertiary/aromatic N) is 4. The van der Waals surface area contributed by atoms with E-state index in [1.807, 2.05) is 0 Å². The zero-order valence-corrected chi connectivity index (χ0v) is 12.9. The minimum absolute atomic E-state index is 0.00577. The molecule has 1 N–H and O–H groups in total. The second-order valence-corrected chi connectivity index (χ2v) is 4.92. The summed E-state index contributed by atoms with van der Waals surface area (Å²) < 4.78 is 0. The minimum Gasteiger partial charge on any atom is -0.272 e. The summed E-state index contributed by atoms with van der Waals surface area (Å²) in [4.78, 5) is 30.4. The molecule has 2 aromatic rings. The lowest BCUT2D eigenvalue weighted by Crippen LogP contribution is -2.00. The number of halogens is 1. The van der Waals surface area contributed by atoms with Gasteiger partial charge in [-0.05, 0) is 12.1 Å². The van der Waals surface area contributed by atoms with E-state index in [0.29, 0.717) is 0 Å². The molecule has 2 aromatic carbocycles. The van der Waals surface area contributed by atoms with Gasteiger partial charge < -0.3 is 0 Å². The fraction of sp³-hybridized carbons (Fsp3) is 0. The number of nitrogens with one attached hydrogen (secondary N) is 1. The van der Waals surface area contributed by atoms with Gasteiger partial charge in [0.25, 0.3) is 11.4 Å². The number of anilines is 1. The Hall–Kier alpha value is -3.60. The van der Waals surface area contributed by atoms with E-state index >= 15 is 0 Å². The third-order valence-corrected chi connectivity index (χ3v) is 3.32. The molecule has 128 valence electrons. The van der Waals surface area contributed by atoms with Gasteiger partial charge in [-0.2, -0.15) is 5.10 Å². The Labute approximate surface area is 144 Å². The zero-order chi connectivity index (χ0) is 18.6. The molecule has 25 heavy (non-hydrogen) atoms. The monoisotopic (exact) mass is 365 g/mol. The normalized spacial score (nSPS) is 10.6. The number of rotatable bonds is 6. The van der Waals surface area contributed by atoms with Crippen molar-refractivity contribution in [3.63, 3.8) is 0 Å². The summed E-state index contributed by atoms with van der Waals surface area (Å²) in [5.41, 5.74) is 0.889. The topological polar surface area (TPSA) is 154 Å². The number of nitro groups is 3. The van der Waals surface area contributed by atoms with Crippen LogP contribution in [0.25, 0.3) is 0 Å². The van der Waals surface area contributed by atoms with Crippen molar-refractivity contribution in [2.24, 2.45) is 5.10 Å². The molecule has 0 unspecified atom stereocenters. The lowest BCUT2D eigenvalue weighted by Gasteiger charge is -2.03. The predicted octanol–water partition coefficient (Wildman–Crippen LogP) is 3.51. The molecule has 0 heterocycles. The maximum Gasteiger partial charge on any atom is 0.301 e. The van der Waals surface area contributed by atoms with Crippen molar-refractivity contribution < 1.29 is 14.8 Å². The maximum atomic E-state index is 11.0. The second-order valence-electron chi connectivity index (χ2n) is 4.52. The summed E-state index contributed by atoms with van der Waals surface area (Å²) in [7, 11) is 0. The molecule has 0 amide bonds. The number of hydrogen-bond acceptors (Lipinski definition) is 8. The fourth-order valence-corrected chi connectivity index (χ4v) is 2.08. The molecule has 0 saturated heterocycles. The van der Waals surface area contributed by atoms with E-state index in [2.05, 4.69) is 10.5 Å². The van der Waals surface area contributed by atoms with E-state index in [4.69, 9.17) is 11.6 Å². The quantitative estimate of drug-likeness (QED) is 0.466. The van der Waals surface area contributed by atoms with Crippen LogP contribution in [0.3, 0.4) is 0 Å². The van der Waals surface area contributed by atoms with Crippen LogP contribution in [0.1, 0.15) is 5.56 Å². The first-order valence-electron chi connectivity index (χ1n) is 6.46. The van der Waals surface area contributed by atoms with Gasteiger partial charge in [0.15, 0.2) is 0 Å². The van der Waals surface area contributed by atoms with E-state index in [1.54, 1.807) is 0 Å². The summed E-state index contributed by atoms with van der Waals surface area (Å²) in [6.45, 7) is 0. The van der Waals surface area contributed by atoms with Gasteiger partial charge in [-0.15, -0.1) is 0 Å². The number of hydrogen-bond donors (Lipinski definition) is 1. The molecule has 11 nitrogen and oxygen atoms in total. The molecular formula is C13H8ClN5O6. The van der Waals surface area contributed by atoms with Gasteiger partial charge in [0, 0.05) is 12.1 Å². The highest BCUT2D eigenvalue weighted by molar-refractivity contribution is 6.33. The van der Waals surface area contributed by atoms with Gasteiger partial charge in [0.1, 0.15) is 5.69 Å². The second kappa shape index (κ2) is 7.31. The molecule has 2 rings (SSSR count). The molecule has 0 saturated carbocycles. The number of nitro benzene ring substituents is 3. The van der Waals surface area contributed by atoms with Crippen molar-refractivity contribution in [1.82, 2.24) is 0 Å². The van der Waals surface area contributed by atoms with Crippen molar-refractivity contribution in [3.05, 3.63) is 77.3 Å². The standard InChI is InChI=1S/C13H8ClN5O6/c14-10-2-1-3-12(18(22)23)9(10)7-15-16-11-5-4-8(17(20)21)6-13(11)19(24)25/h1-7,16H/b15-7+. The summed E-state index contributed by atoms with van der Waals surface area (Å²) >= 11 is 5.89. The van der Waals surface area contributed by atoms with E-state index in [0.717, 1.165) is 24.4 Å². The van der Waals surface area contributed by atoms with Crippen LogP contribution in [0.5, 0.6) is 0 Å². The highest BCUT2D eigenvalue weighted by Crippen LogP contribution is 2.29. The molecule has 0 aliphatic rings. The largest absolute Gasteiger partial charge is 0.301 e. The summed E-state index contributed by atoms with van der Waals surface area (Å²) in [6, 6.07) is 6.98. The average Bonchev–Trinajstić information content (AvgIpc) is 2.55. The van der Waals surface area contributed by atoms with Crippen LogP contribution in [0.2, 0.25) is 5.02 Å². The van der Waals surface area contributed by atoms with Crippen molar-refractivity contribution >= 4 is 40.6 Å². The van der Waals surface area contributed by atoms with Crippen LogP contribution >= 0.6 is 11.6 Å². The highest BCUT2D eigenvalue weighted by Gasteiger charge is 2.19. The Kier molecular flexibility index (Phi) is 5.19. The molecule has 0 spiro atoms. The number of benzene rings is 2. The molecular weight excluding hydrogens is 358 g/mol. The number of hydrazone groups is 1. The molecule has 0 bridgehead atoms. The van der Waals surface area contributed by atoms with Gasteiger partial charge in [-0.1, -0.05) is 17.7 Å². The van der Waals surface area contributed by atoms with Gasteiger partial charge in [-0.25, -0.2) is 0 Å². The Balaban J connectivity index is 2.33. The fourth-order valence-electron chi connectivity index (χ4n) is 1.86. The third-order valence-electron chi connectivity index (χ3n) is 2.99. The van der Waals surface area contributed by atoms with Crippen LogP contribution in [-0.2, 0) is 0 Å². The summed E-state index contributed by atoms with van der Waals surface area (Å²) in [6.07, 6.45) is 1.03. The first kappa shape index (κ1) is 17.7. The average molecular weight is 366 g/mol. The van der Waals surface area contributed by atoms with Crippen LogP contribution in [0, 0.1) is 30.3 Å². The molecule has 12 heteroatoms. The lowest BCUT2D eigenvalue weighted by molar-refractivity contribution is -0.393. The van der Waals surface area contributed by atoms with E-state index in [-0.39, 0.29) is 22.0 Å². The minimum atomic E-state index is -0.817. The third kappa shape index (κ3) is 4.03. The highest BCUT2D eigenvalue weighted by atomic mass is 35.5. The molecule has 0 radical (unpaired) electrons. The first-order valence-corrected chi connectivity index (χ1v) is 6.84. The van der Waals surface area contributed by atoms with Crippen LogP contribution in [0.4, 0.5) is 22.7 Å². The van der Waals surface area contributed by atoms with Crippen molar-refractivity contribution in [1.29, 1.82) is 0 Å². The Bertz CT molecular complexity index is 900. The molecule has 0 aromatic heterocycles. The van der Waals surface area contributed by atoms with Crippen LogP contribution < -0.4 is 5.43 Å². The van der Waals surface area contributed by atoms with Gasteiger partial charge in [0.2, 0.25) is 0 Å². The van der Waals surface area contributed by atoms with Gasteiger partial charge in [-0.3, -0.25) is 35.8 Å². The van der Waals surface area contributed by atoms with Crippen molar-refractivity contribution in [2.45, 2.75) is 0 Å². The smallest absolute Gasteiger partial charge is 0.272 e. The van der Waals surface area contributed by atoms with E-state index < -0.39 is 26.1 Å². The Morgan fingerprint density at radius 3 is 2.24 bits per heavy atom. The molecule has 0 aliphatic carbocycles. The van der Waals surface area contributed by atoms with Gasteiger partial charge >= 0.3 is 5.69 Å².